The number of amides is 2. The first kappa shape index (κ1) is 14.0. The molecular formula is C10H10F3N3O2. The molecule has 98 valence electrons. The molecule has 0 saturated heterocycles. The SMILES string of the molecule is NC(=O)CC(N)C(=O)Nc1cc(F)c(F)c(F)c1. The summed E-state index contributed by atoms with van der Waals surface area (Å²) >= 11 is 0. The highest BCUT2D eigenvalue weighted by Gasteiger charge is 2.18. The van der Waals surface area contributed by atoms with Crippen molar-refractivity contribution >= 4 is 17.5 Å². The van der Waals surface area contributed by atoms with Crippen molar-refractivity contribution < 1.29 is 22.8 Å². The first-order valence-electron chi connectivity index (χ1n) is 4.80. The predicted octanol–water partition coefficient (Wildman–Crippen LogP) is 0.245. The topological polar surface area (TPSA) is 98.2 Å². The van der Waals surface area contributed by atoms with Crippen LogP contribution in [-0.4, -0.2) is 17.9 Å². The van der Waals surface area contributed by atoms with E-state index in [4.69, 9.17) is 11.5 Å². The van der Waals surface area contributed by atoms with Crippen LogP contribution < -0.4 is 16.8 Å². The number of hydrogen-bond acceptors (Lipinski definition) is 3. The maximum absolute atomic E-state index is 12.8. The van der Waals surface area contributed by atoms with Crippen LogP contribution in [0.25, 0.3) is 0 Å². The standard InChI is InChI=1S/C10H10F3N3O2/c11-5-1-4(2-6(12)9(5)13)16-10(18)7(14)3-8(15)17/h1-2,7H,3,14H2,(H2,15,17)(H,16,18). The molecule has 1 aromatic carbocycles. The number of benzene rings is 1. The maximum atomic E-state index is 12.8. The molecule has 0 heterocycles. The zero-order valence-electron chi connectivity index (χ0n) is 9.04. The van der Waals surface area contributed by atoms with Gasteiger partial charge in [0.05, 0.1) is 12.5 Å². The summed E-state index contributed by atoms with van der Waals surface area (Å²) in [5, 5.41) is 2.04. The van der Waals surface area contributed by atoms with Gasteiger partial charge in [-0.05, 0) is 0 Å². The van der Waals surface area contributed by atoms with Gasteiger partial charge in [0.15, 0.2) is 17.5 Å². The van der Waals surface area contributed by atoms with Crippen molar-refractivity contribution in [2.24, 2.45) is 11.5 Å². The fourth-order valence-corrected chi connectivity index (χ4v) is 1.17. The van der Waals surface area contributed by atoms with Crippen LogP contribution in [-0.2, 0) is 9.59 Å². The van der Waals surface area contributed by atoms with Gasteiger partial charge >= 0.3 is 0 Å². The summed E-state index contributed by atoms with van der Waals surface area (Å²) in [6.07, 6.45) is -0.419. The van der Waals surface area contributed by atoms with E-state index in [0.717, 1.165) is 0 Å². The summed E-state index contributed by atoms with van der Waals surface area (Å²) in [6, 6.07) is -0.0701. The lowest BCUT2D eigenvalue weighted by Crippen LogP contribution is -2.39. The summed E-state index contributed by atoms with van der Waals surface area (Å²) in [6.45, 7) is 0. The van der Waals surface area contributed by atoms with Crippen LogP contribution in [0.4, 0.5) is 18.9 Å². The Kier molecular flexibility index (Phi) is 4.27. The zero-order valence-corrected chi connectivity index (χ0v) is 9.04. The molecule has 2 amide bonds. The summed E-state index contributed by atoms with van der Waals surface area (Å²) in [7, 11) is 0. The van der Waals surface area contributed by atoms with E-state index in [9.17, 15) is 22.8 Å². The van der Waals surface area contributed by atoms with Gasteiger partial charge in [0, 0.05) is 17.8 Å². The Morgan fingerprint density at radius 2 is 1.72 bits per heavy atom. The van der Waals surface area contributed by atoms with Crippen molar-refractivity contribution in [1.82, 2.24) is 0 Å². The molecular weight excluding hydrogens is 251 g/mol. The Labute approximate surface area is 99.9 Å². The van der Waals surface area contributed by atoms with Gasteiger partial charge in [-0.25, -0.2) is 13.2 Å². The van der Waals surface area contributed by atoms with Crippen molar-refractivity contribution in [1.29, 1.82) is 0 Å². The van der Waals surface area contributed by atoms with Crippen LogP contribution in [0.3, 0.4) is 0 Å². The minimum Gasteiger partial charge on any atom is -0.370 e. The molecule has 8 heteroatoms. The van der Waals surface area contributed by atoms with E-state index in [1.807, 2.05) is 5.32 Å². The number of halogens is 3. The zero-order chi connectivity index (χ0) is 13.9. The highest BCUT2D eigenvalue weighted by atomic mass is 19.2. The number of carbonyl (C=O) groups is 2. The average Bonchev–Trinajstić information content (AvgIpc) is 2.24. The lowest BCUT2D eigenvalue weighted by Gasteiger charge is -2.10. The van der Waals surface area contributed by atoms with E-state index in [0.29, 0.717) is 12.1 Å². The van der Waals surface area contributed by atoms with E-state index in [1.165, 1.54) is 0 Å². The first-order chi connectivity index (χ1) is 8.31. The molecule has 5 nitrogen and oxygen atoms in total. The van der Waals surface area contributed by atoms with E-state index >= 15 is 0 Å². The Balaban J connectivity index is 2.79. The highest BCUT2D eigenvalue weighted by Crippen LogP contribution is 2.17. The second kappa shape index (κ2) is 5.50. The molecule has 1 rings (SSSR count). The van der Waals surface area contributed by atoms with Crippen molar-refractivity contribution in [2.45, 2.75) is 12.5 Å². The molecule has 18 heavy (non-hydrogen) atoms. The molecule has 1 aromatic rings. The van der Waals surface area contributed by atoms with Crippen LogP contribution >= 0.6 is 0 Å². The maximum Gasteiger partial charge on any atom is 0.241 e. The van der Waals surface area contributed by atoms with Gasteiger partial charge < -0.3 is 16.8 Å². The highest BCUT2D eigenvalue weighted by molar-refractivity contribution is 5.97. The van der Waals surface area contributed by atoms with Gasteiger partial charge in [-0.1, -0.05) is 0 Å². The van der Waals surface area contributed by atoms with Gasteiger partial charge in [0.2, 0.25) is 11.8 Å². The molecule has 0 spiro atoms. The van der Waals surface area contributed by atoms with Gasteiger partial charge in [-0.15, -0.1) is 0 Å². The van der Waals surface area contributed by atoms with Crippen LogP contribution in [0.2, 0.25) is 0 Å². The number of carbonyl (C=O) groups excluding carboxylic acids is 2. The lowest BCUT2D eigenvalue weighted by atomic mass is 10.2. The number of primary amides is 1. The van der Waals surface area contributed by atoms with E-state index in [1.54, 1.807) is 0 Å². The number of hydrogen-bond donors (Lipinski definition) is 3. The lowest BCUT2D eigenvalue weighted by molar-refractivity contribution is -0.123. The number of nitrogens with two attached hydrogens (primary N) is 2. The molecule has 0 aliphatic heterocycles. The summed E-state index contributed by atoms with van der Waals surface area (Å²) in [4.78, 5) is 21.9. The molecule has 0 aliphatic rings. The second-order valence-electron chi connectivity index (χ2n) is 3.52. The normalized spacial score (nSPS) is 12.0. The molecule has 1 atom stereocenters. The minimum absolute atomic E-state index is 0.309. The fourth-order valence-electron chi connectivity index (χ4n) is 1.17. The molecule has 0 aliphatic carbocycles. The largest absolute Gasteiger partial charge is 0.370 e. The third kappa shape index (κ3) is 3.45. The molecule has 0 saturated carbocycles. The quantitative estimate of drug-likeness (QED) is 0.677. The number of nitrogens with one attached hydrogen (secondary N) is 1. The van der Waals surface area contributed by atoms with Crippen LogP contribution in [0, 0.1) is 17.5 Å². The van der Waals surface area contributed by atoms with Gasteiger partial charge in [0.1, 0.15) is 0 Å². The summed E-state index contributed by atoms with van der Waals surface area (Å²) < 4.78 is 38.3. The smallest absolute Gasteiger partial charge is 0.241 e. The number of rotatable bonds is 4. The van der Waals surface area contributed by atoms with Crippen molar-refractivity contribution in [2.75, 3.05) is 5.32 Å². The third-order valence-electron chi connectivity index (χ3n) is 2.01. The summed E-state index contributed by atoms with van der Waals surface area (Å²) in [5.74, 6) is -6.20. The molecule has 0 radical (unpaired) electrons. The van der Waals surface area contributed by atoms with Crippen LogP contribution in [0.1, 0.15) is 6.42 Å². The Morgan fingerprint density at radius 3 is 2.17 bits per heavy atom. The third-order valence-corrected chi connectivity index (χ3v) is 2.01. The van der Waals surface area contributed by atoms with E-state index in [-0.39, 0.29) is 5.69 Å². The molecule has 0 bridgehead atoms. The van der Waals surface area contributed by atoms with Crippen LogP contribution in [0.5, 0.6) is 0 Å². The molecule has 5 N–H and O–H groups in total. The first-order valence-corrected chi connectivity index (χ1v) is 4.80. The minimum atomic E-state index is -1.64. The molecule has 0 aromatic heterocycles. The fraction of sp³-hybridized carbons (Fsp3) is 0.200. The Hall–Kier alpha value is -2.09. The van der Waals surface area contributed by atoms with E-state index in [2.05, 4.69) is 0 Å². The van der Waals surface area contributed by atoms with Gasteiger partial charge in [-0.3, -0.25) is 9.59 Å². The van der Waals surface area contributed by atoms with Crippen molar-refractivity contribution in [3.8, 4) is 0 Å². The summed E-state index contributed by atoms with van der Waals surface area (Å²) in [5.41, 5.74) is 9.81. The van der Waals surface area contributed by atoms with E-state index < -0.39 is 41.7 Å². The Bertz CT molecular complexity index is 470. The van der Waals surface area contributed by atoms with Gasteiger partial charge in [0.25, 0.3) is 0 Å². The Morgan fingerprint density at radius 1 is 1.22 bits per heavy atom. The monoisotopic (exact) mass is 261 g/mol. The predicted molar refractivity (Wildman–Crippen MR) is 56.7 cm³/mol. The average molecular weight is 261 g/mol. The van der Waals surface area contributed by atoms with Crippen LogP contribution in [0.15, 0.2) is 12.1 Å². The van der Waals surface area contributed by atoms with Gasteiger partial charge in [-0.2, -0.15) is 0 Å². The number of anilines is 1. The van der Waals surface area contributed by atoms with Crippen molar-refractivity contribution in [3.63, 3.8) is 0 Å². The van der Waals surface area contributed by atoms with Crippen molar-refractivity contribution in [3.05, 3.63) is 29.6 Å². The molecule has 1 unspecified atom stereocenters. The second-order valence-corrected chi connectivity index (χ2v) is 3.52. The molecule has 0 fully saturated rings.